The summed E-state index contributed by atoms with van der Waals surface area (Å²) in [5.41, 5.74) is 7.00. The van der Waals surface area contributed by atoms with E-state index in [1.807, 2.05) is 12.3 Å². The molecule has 1 aromatic rings. The number of rotatable bonds is 2. The highest BCUT2D eigenvalue weighted by Crippen LogP contribution is 2.35. The fourth-order valence-corrected chi connectivity index (χ4v) is 3.34. The maximum Gasteiger partial charge on any atom is 0.133 e. The Bertz CT molecular complexity index is 369. The van der Waals surface area contributed by atoms with Crippen LogP contribution in [0.3, 0.4) is 0 Å². The minimum atomic E-state index is 0.592. The first-order chi connectivity index (χ1) is 8.36. The van der Waals surface area contributed by atoms with Crippen molar-refractivity contribution in [3.05, 3.63) is 23.9 Å². The number of hydrogen-bond acceptors (Lipinski definition) is 3. The van der Waals surface area contributed by atoms with Crippen LogP contribution >= 0.6 is 0 Å². The van der Waals surface area contributed by atoms with Crippen molar-refractivity contribution in [3.63, 3.8) is 0 Å². The summed E-state index contributed by atoms with van der Waals surface area (Å²) < 4.78 is 0. The average molecular weight is 231 g/mol. The van der Waals surface area contributed by atoms with Crippen LogP contribution in [-0.4, -0.2) is 18.1 Å². The highest BCUT2D eigenvalue weighted by atomic mass is 15.2. The van der Waals surface area contributed by atoms with E-state index in [1.54, 1.807) is 0 Å². The Balaban J connectivity index is 1.88. The Morgan fingerprint density at radius 2 is 1.82 bits per heavy atom. The zero-order valence-electron chi connectivity index (χ0n) is 10.3. The lowest BCUT2D eigenvalue weighted by Crippen LogP contribution is -2.30. The van der Waals surface area contributed by atoms with Gasteiger partial charge in [-0.2, -0.15) is 0 Å². The molecule has 2 N–H and O–H groups in total. The minimum absolute atomic E-state index is 0.592. The predicted octanol–water partition coefficient (Wildman–Crippen LogP) is 2.17. The van der Waals surface area contributed by atoms with E-state index in [2.05, 4.69) is 16.0 Å². The van der Waals surface area contributed by atoms with Crippen molar-refractivity contribution in [2.75, 3.05) is 18.0 Å². The number of anilines is 1. The Labute approximate surface area is 103 Å². The molecule has 1 saturated carbocycles. The van der Waals surface area contributed by atoms with Gasteiger partial charge in [-0.15, -0.1) is 0 Å². The number of aromatic nitrogens is 1. The molecule has 2 aliphatic heterocycles. The molecule has 0 amide bonds. The van der Waals surface area contributed by atoms with Gasteiger partial charge in [-0.1, -0.05) is 6.07 Å². The second-order valence-electron chi connectivity index (χ2n) is 5.48. The summed E-state index contributed by atoms with van der Waals surface area (Å²) in [6.07, 6.45) is 7.52. The summed E-state index contributed by atoms with van der Waals surface area (Å²) >= 11 is 0. The fourth-order valence-electron chi connectivity index (χ4n) is 3.34. The minimum Gasteiger partial charge on any atom is -0.356 e. The van der Waals surface area contributed by atoms with Crippen LogP contribution in [0, 0.1) is 11.8 Å². The van der Waals surface area contributed by atoms with E-state index in [0.29, 0.717) is 6.54 Å². The Morgan fingerprint density at radius 3 is 2.41 bits per heavy atom. The van der Waals surface area contributed by atoms with Crippen molar-refractivity contribution in [1.29, 1.82) is 0 Å². The van der Waals surface area contributed by atoms with Gasteiger partial charge < -0.3 is 10.6 Å². The van der Waals surface area contributed by atoms with Crippen molar-refractivity contribution >= 4 is 5.82 Å². The third kappa shape index (κ3) is 2.16. The molecular weight excluding hydrogens is 210 g/mol. The van der Waals surface area contributed by atoms with E-state index in [4.69, 9.17) is 5.73 Å². The lowest BCUT2D eigenvalue weighted by molar-refractivity contribution is 0.326. The van der Waals surface area contributed by atoms with Gasteiger partial charge in [0.25, 0.3) is 0 Å². The second-order valence-corrected chi connectivity index (χ2v) is 5.48. The molecule has 3 heterocycles. The van der Waals surface area contributed by atoms with Gasteiger partial charge in [-0.25, -0.2) is 4.98 Å². The normalized spacial score (nSPS) is 28.2. The lowest BCUT2D eigenvalue weighted by Gasteiger charge is -2.25. The van der Waals surface area contributed by atoms with Gasteiger partial charge in [0.2, 0.25) is 0 Å². The second kappa shape index (κ2) is 4.65. The van der Waals surface area contributed by atoms with Crippen LogP contribution in [0.25, 0.3) is 0 Å². The SMILES string of the molecule is NCc1cccnc1N1CC2CCC(CC2)C1. The molecule has 2 bridgehead atoms. The van der Waals surface area contributed by atoms with Gasteiger partial charge in [-0.3, -0.25) is 0 Å². The molecule has 1 aliphatic carbocycles. The Hall–Kier alpha value is -1.09. The predicted molar refractivity (Wildman–Crippen MR) is 69.8 cm³/mol. The summed E-state index contributed by atoms with van der Waals surface area (Å²) in [6.45, 7) is 2.95. The first kappa shape index (κ1) is 11.0. The molecule has 17 heavy (non-hydrogen) atoms. The van der Waals surface area contributed by atoms with Crippen LogP contribution in [0.4, 0.5) is 5.82 Å². The standard InChI is InChI=1S/C14H21N3/c15-8-13-2-1-7-16-14(13)17-9-11-3-4-12(10-17)6-5-11/h1-2,7,11-12H,3-6,8-10,15H2. The number of pyridine rings is 1. The summed E-state index contributed by atoms with van der Waals surface area (Å²) in [5.74, 6) is 2.89. The zero-order chi connectivity index (χ0) is 11.7. The molecule has 2 saturated heterocycles. The van der Waals surface area contributed by atoms with Crippen LogP contribution in [0.2, 0.25) is 0 Å². The van der Waals surface area contributed by atoms with E-state index in [-0.39, 0.29) is 0 Å². The van der Waals surface area contributed by atoms with E-state index >= 15 is 0 Å². The molecule has 0 radical (unpaired) electrons. The van der Waals surface area contributed by atoms with Crippen LogP contribution in [0.1, 0.15) is 31.2 Å². The third-order valence-electron chi connectivity index (χ3n) is 4.31. The average Bonchev–Trinajstić information content (AvgIpc) is 2.72. The zero-order valence-corrected chi connectivity index (χ0v) is 10.3. The number of fused-ring (bicyclic) bond motifs is 4. The van der Waals surface area contributed by atoms with Gasteiger partial charge in [0.1, 0.15) is 5.82 Å². The maximum atomic E-state index is 5.81. The highest BCUT2D eigenvalue weighted by Gasteiger charge is 2.30. The summed E-state index contributed by atoms with van der Waals surface area (Å²) in [5, 5.41) is 0. The molecule has 0 aromatic carbocycles. The molecule has 4 rings (SSSR count). The van der Waals surface area contributed by atoms with Gasteiger partial charge in [-0.05, 0) is 43.6 Å². The highest BCUT2D eigenvalue weighted by molar-refractivity contribution is 5.47. The fraction of sp³-hybridized carbons (Fsp3) is 0.643. The molecule has 3 aliphatic rings. The molecule has 0 unspecified atom stereocenters. The summed E-state index contributed by atoms with van der Waals surface area (Å²) in [7, 11) is 0. The monoisotopic (exact) mass is 231 g/mol. The maximum absolute atomic E-state index is 5.81. The van der Waals surface area contributed by atoms with Crippen LogP contribution in [0.5, 0.6) is 0 Å². The largest absolute Gasteiger partial charge is 0.356 e. The third-order valence-corrected chi connectivity index (χ3v) is 4.31. The lowest BCUT2D eigenvalue weighted by atomic mass is 9.84. The molecule has 3 fully saturated rings. The topological polar surface area (TPSA) is 42.1 Å². The van der Waals surface area contributed by atoms with Gasteiger partial charge in [0, 0.05) is 31.4 Å². The van der Waals surface area contributed by atoms with Gasteiger partial charge >= 0.3 is 0 Å². The number of nitrogens with two attached hydrogens (primary N) is 1. The van der Waals surface area contributed by atoms with E-state index in [1.165, 1.54) is 44.3 Å². The van der Waals surface area contributed by atoms with Crippen molar-refractivity contribution < 1.29 is 0 Å². The van der Waals surface area contributed by atoms with Crippen LogP contribution in [-0.2, 0) is 6.54 Å². The van der Waals surface area contributed by atoms with Crippen LogP contribution < -0.4 is 10.6 Å². The number of nitrogens with zero attached hydrogens (tertiary/aromatic N) is 2. The molecule has 92 valence electrons. The molecule has 1 aromatic heterocycles. The first-order valence-corrected chi connectivity index (χ1v) is 6.75. The molecular formula is C14H21N3. The summed E-state index contributed by atoms with van der Waals surface area (Å²) in [6, 6.07) is 4.09. The molecule has 0 atom stereocenters. The van der Waals surface area contributed by atoms with Gasteiger partial charge in [0.15, 0.2) is 0 Å². The van der Waals surface area contributed by atoms with Gasteiger partial charge in [0.05, 0.1) is 0 Å². The van der Waals surface area contributed by atoms with Crippen molar-refractivity contribution in [2.45, 2.75) is 32.2 Å². The van der Waals surface area contributed by atoms with Crippen molar-refractivity contribution in [2.24, 2.45) is 17.6 Å². The quantitative estimate of drug-likeness (QED) is 0.848. The van der Waals surface area contributed by atoms with Crippen LogP contribution in [0.15, 0.2) is 18.3 Å². The first-order valence-electron chi connectivity index (χ1n) is 6.75. The van der Waals surface area contributed by atoms with E-state index in [0.717, 1.165) is 17.7 Å². The Morgan fingerprint density at radius 1 is 1.18 bits per heavy atom. The molecule has 3 nitrogen and oxygen atoms in total. The number of hydrogen-bond donors (Lipinski definition) is 1. The van der Waals surface area contributed by atoms with E-state index < -0.39 is 0 Å². The van der Waals surface area contributed by atoms with E-state index in [9.17, 15) is 0 Å². The smallest absolute Gasteiger partial charge is 0.133 e. The summed E-state index contributed by atoms with van der Waals surface area (Å²) in [4.78, 5) is 7.04. The molecule has 0 spiro atoms. The Kier molecular flexibility index (Phi) is 3.02. The molecule has 3 heteroatoms. The van der Waals surface area contributed by atoms with Crippen molar-refractivity contribution in [3.8, 4) is 0 Å². The van der Waals surface area contributed by atoms with Crippen molar-refractivity contribution in [1.82, 2.24) is 4.98 Å².